The van der Waals surface area contributed by atoms with E-state index in [2.05, 4.69) is 21.9 Å². The lowest BCUT2D eigenvalue weighted by molar-refractivity contribution is 0.185. The number of fused-ring (bicyclic) bond motifs is 1. The Morgan fingerprint density at radius 1 is 0.926 bits per heavy atom. The minimum Gasteiger partial charge on any atom is -0.440 e. The summed E-state index contributed by atoms with van der Waals surface area (Å²) in [6.07, 6.45) is 3.55. The number of hydrogen-bond acceptors (Lipinski definition) is 4. The second kappa shape index (κ2) is 7.17. The number of piperazine rings is 1. The number of nitrogens with zero attached hydrogens (tertiary/aromatic N) is 3. The molecule has 0 N–H and O–H groups in total. The maximum absolute atomic E-state index is 6.37. The van der Waals surface area contributed by atoms with E-state index >= 15 is 0 Å². The van der Waals surface area contributed by atoms with Crippen LogP contribution in [0.2, 0.25) is 5.02 Å². The van der Waals surface area contributed by atoms with Gasteiger partial charge in [-0.3, -0.25) is 4.90 Å². The van der Waals surface area contributed by atoms with E-state index in [0.29, 0.717) is 12.0 Å². The van der Waals surface area contributed by atoms with Crippen LogP contribution in [0, 0.1) is 0 Å². The third kappa shape index (κ3) is 3.32. The smallest absolute Gasteiger partial charge is 0.198 e. The number of hydrogen-bond donors (Lipinski definition) is 0. The summed E-state index contributed by atoms with van der Waals surface area (Å²) in [5, 5.41) is 0.850. The van der Waals surface area contributed by atoms with Crippen molar-refractivity contribution in [3.63, 3.8) is 0 Å². The van der Waals surface area contributed by atoms with Crippen molar-refractivity contribution in [3.05, 3.63) is 59.4 Å². The summed E-state index contributed by atoms with van der Waals surface area (Å²) in [5.41, 5.74) is 3.04. The van der Waals surface area contributed by atoms with Gasteiger partial charge in [0.05, 0.1) is 10.7 Å². The zero-order chi connectivity index (χ0) is 18.2. The zero-order valence-corrected chi connectivity index (χ0v) is 16.1. The van der Waals surface area contributed by atoms with Crippen molar-refractivity contribution in [1.82, 2.24) is 9.88 Å². The van der Waals surface area contributed by atoms with Gasteiger partial charge < -0.3 is 9.32 Å². The van der Waals surface area contributed by atoms with Crippen molar-refractivity contribution >= 4 is 28.4 Å². The Labute approximate surface area is 164 Å². The average Bonchev–Trinajstić information content (AvgIpc) is 3.35. The topological polar surface area (TPSA) is 32.5 Å². The molecule has 2 fully saturated rings. The van der Waals surface area contributed by atoms with Gasteiger partial charge in [-0.2, -0.15) is 0 Å². The molecule has 2 aliphatic rings. The summed E-state index contributed by atoms with van der Waals surface area (Å²) in [6, 6.07) is 16.9. The van der Waals surface area contributed by atoms with Gasteiger partial charge in [-0.15, -0.1) is 0 Å². The van der Waals surface area contributed by atoms with Crippen LogP contribution in [0.15, 0.2) is 52.9 Å². The van der Waals surface area contributed by atoms with Crippen LogP contribution in [0.4, 0.5) is 5.69 Å². The minimum absolute atomic E-state index is 0.448. The zero-order valence-electron chi connectivity index (χ0n) is 15.4. The van der Waals surface area contributed by atoms with E-state index < -0.39 is 0 Å². The Kier molecular flexibility index (Phi) is 4.54. The van der Waals surface area contributed by atoms with Crippen LogP contribution >= 0.6 is 11.6 Å². The van der Waals surface area contributed by atoms with E-state index in [1.54, 1.807) is 0 Å². The second-order valence-corrected chi connectivity index (χ2v) is 8.07. The molecule has 0 radical (unpaired) electrons. The molecule has 2 heterocycles. The van der Waals surface area contributed by atoms with Gasteiger partial charge in [-0.05, 0) is 43.5 Å². The standard InChI is InChI=1S/C22H24ClN3O/c23-18-5-1-3-7-20(18)26-13-11-25(12-14-26)17-10-9-16(15-17)22-24-19-6-2-4-8-21(19)27-22/h1-8,16-17H,9-15H2. The number of halogens is 1. The summed E-state index contributed by atoms with van der Waals surface area (Å²) in [7, 11) is 0. The Balaban J connectivity index is 1.22. The van der Waals surface area contributed by atoms with Crippen molar-refractivity contribution < 1.29 is 4.42 Å². The molecule has 3 aromatic rings. The van der Waals surface area contributed by atoms with E-state index in [1.807, 2.05) is 36.4 Å². The van der Waals surface area contributed by atoms with Crippen LogP contribution in [-0.4, -0.2) is 42.1 Å². The lowest BCUT2D eigenvalue weighted by atomic mass is 10.1. The molecule has 2 unspecified atom stereocenters. The first kappa shape index (κ1) is 17.1. The Morgan fingerprint density at radius 2 is 1.70 bits per heavy atom. The maximum atomic E-state index is 6.37. The number of aromatic nitrogens is 1. The van der Waals surface area contributed by atoms with Crippen molar-refractivity contribution in [2.75, 3.05) is 31.1 Å². The van der Waals surface area contributed by atoms with E-state index in [1.165, 1.54) is 12.8 Å². The minimum atomic E-state index is 0.448. The second-order valence-electron chi connectivity index (χ2n) is 7.66. The van der Waals surface area contributed by atoms with Gasteiger partial charge in [-0.25, -0.2) is 4.98 Å². The summed E-state index contributed by atoms with van der Waals surface area (Å²) in [5.74, 6) is 1.37. The van der Waals surface area contributed by atoms with Crippen LogP contribution in [0.3, 0.4) is 0 Å². The third-order valence-corrected chi connectivity index (χ3v) is 6.41. The molecule has 1 aromatic heterocycles. The molecule has 4 nitrogen and oxygen atoms in total. The molecule has 5 rings (SSSR count). The number of benzene rings is 2. The molecule has 1 aliphatic heterocycles. The summed E-state index contributed by atoms with van der Waals surface area (Å²) in [6.45, 7) is 4.26. The molecule has 5 heteroatoms. The van der Waals surface area contributed by atoms with Crippen LogP contribution in [0.1, 0.15) is 31.1 Å². The summed E-state index contributed by atoms with van der Waals surface area (Å²) < 4.78 is 6.02. The summed E-state index contributed by atoms with van der Waals surface area (Å²) >= 11 is 6.37. The van der Waals surface area contributed by atoms with Crippen LogP contribution in [-0.2, 0) is 0 Å². The van der Waals surface area contributed by atoms with Crippen molar-refractivity contribution in [3.8, 4) is 0 Å². The molecule has 140 valence electrons. The number of oxazole rings is 1. The first-order valence-corrected chi connectivity index (χ1v) is 10.2. The fraction of sp³-hybridized carbons (Fsp3) is 0.409. The highest BCUT2D eigenvalue weighted by atomic mass is 35.5. The highest BCUT2D eigenvalue weighted by Gasteiger charge is 2.34. The van der Waals surface area contributed by atoms with Gasteiger partial charge in [-0.1, -0.05) is 35.9 Å². The third-order valence-electron chi connectivity index (χ3n) is 6.09. The molecule has 0 amide bonds. The fourth-order valence-corrected chi connectivity index (χ4v) is 4.87. The van der Waals surface area contributed by atoms with Gasteiger partial charge in [0.2, 0.25) is 0 Å². The molecular formula is C22H24ClN3O. The van der Waals surface area contributed by atoms with Gasteiger partial charge >= 0.3 is 0 Å². The Hall–Kier alpha value is -2.04. The molecule has 2 aromatic carbocycles. The highest BCUT2D eigenvalue weighted by molar-refractivity contribution is 6.33. The highest BCUT2D eigenvalue weighted by Crippen LogP contribution is 2.38. The number of anilines is 1. The monoisotopic (exact) mass is 381 g/mol. The first-order valence-electron chi connectivity index (χ1n) is 9.87. The SMILES string of the molecule is Clc1ccccc1N1CCN(C2CCC(c3nc4ccccc4o3)C2)CC1. The first-order chi connectivity index (χ1) is 13.3. The number of rotatable bonds is 3. The largest absolute Gasteiger partial charge is 0.440 e. The molecule has 1 aliphatic carbocycles. The van der Waals surface area contributed by atoms with Gasteiger partial charge in [0, 0.05) is 38.1 Å². The van der Waals surface area contributed by atoms with E-state index in [9.17, 15) is 0 Å². The van der Waals surface area contributed by atoms with Crippen molar-refractivity contribution in [1.29, 1.82) is 0 Å². The Morgan fingerprint density at radius 3 is 2.52 bits per heavy atom. The Bertz CT molecular complexity index is 899. The van der Waals surface area contributed by atoms with Gasteiger partial charge in [0.25, 0.3) is 0 Å². The van der Waals surface area contributed by atoms with E-state index in [0.717, 1.165) is 60.3 Å². The van der Waals surface area contributed by atoms with Crippen LogP contribution < -0.4 is 4.90 Å². The predicted molar refractivity (Wildman–Crippen MR) is 110 cm³/mol. The van der Waals surface area contributed by atoms with Crippen molar-refractivity contribution in [2.24, 2.45) is 0 Å². The molecule has 27 heavy (non-hydrogen) atoms. The fourth-order valence-electron chi connectivity index (χ4n) is 4.61. The normalized spacial score (nSPS) is 24.0. The van der Waals surface area contributed by atoms with Crippen LogP contribution in [0.5, 0.6) is 0 Å². The quantitative estimate of drug-likeness (QED) is 0.643. The molecule has 1 saturated heterocycles. The van der Waals surface area contributed by atoms with Gasteiger partial charge in [0.15, 0.2) is 11.5 Å². The summed E-state index contributed by atoms with van der Waals surface area (Å²) in [4.78, 5) is 9.79. The lowest BCUT2D eigenvalue weighted by Gasteiger charge is -2.39. The maximum Gasteiger partial charge on any atom is 0.198 e. The van der Waals surface area contributed by atoms with Crippen LogP contribution in [0.25, 0.3) is 11.1 Å². The average molecular weight is 382 g/mol. The van der Waals surface area contributed by atoms with E-state index in [-0.39, 0.29) is 0 Å². The molecule has 0 bridgehead atoms. The lowest BCUT2D eigenvalue weighted by Crippen LogP contribution is -2.49. The molecular weight excluding hydrogens is 358 g/mol. The molecule has 2 atom stereocenters. The van der Waals surface area contributed by atoms with Gasteiger partial charge in [0.1, 0.15) is 5.52 Å². The molecule has 1 saturated carbocycles. The number of para-hydroxylation sites is 3. The predicted octanol–water partition coefficient (Wildman–Crippen LogP) is 4.94. The van der Waals surface area contributed by atoms with Crippen molar-refractivity contribution in [2.45, 2.75) is 31.2 Å². The van der Waals surface area contributed by atoms with E-state index in [4.69, 9.17) is 21.0 Å². The molecule has 0 spiro atoms.